The number of nitrogens with zero attached hydrogens (tertiary/aromatic N) is 2. The lowest BCUT2D eigenvalue weighted by Crippen LogP contribution is -2.23. The van der Waals surface area contributed by atoms with Crippen LogP contribution in [0.2, 0.25) is 5.02 Å². The van der Waals surface area contributed by atoms with Gasteiger partial charge in [-0.1, -0.05) is 11.6 Å². The van der Waals surface area contributed by atoms with Crippen molar-refractivity contribution in [3.63, 3.8) is 0 Å². The smallest absolute Gasteiger partial charge is 0.269 e. The molecule has 0 bridgehead atoms. The maximum absolute atomic E-state index is 12.0. The Morgan fingerprint density at radius 1 is 1.52 bits per heavy atom. The molecule has 0 saturated heterocycles. The average Bonchev–Trinajstić information content (AvgIpc) is 2.46. The number of rotatable bonds is 3. The quantitative estimate of drug-likeness (QED) is 0.670. The highest BCUT2D eigenvalue weighted by atomic mass is 35.5. The second-order valence-corrected chi connectivity index (χ2v) is 5.32. The molecule has 0 amide bonds. The first-order valence-corrected chi connectivity index (χ1v) is 6.88. The molecule has 118 valence electrons. The number of allylic oxidation sites excluding steroid dienone is 3. The summed E-state index contributed by atoms with van der Waals surface area (Å²) in [4.78, 5) is 22.4. The Hall–Kier alpha value is -2.85. The van der Waals surface area contributed by atoms with E-state index in [0.29, 0.717) is 0 Å². The first kappa shape index (κ1) is 16.5. The Morgan fingerprint density at radius 2 is 2.17 bits per heavy atom. The number of nitriles is 1. The monoisotopic (exact) mass is 333 g/mol. The lowest BCUT2D eigenvalue weighted by molar-refractivity contribution is -0.384. The molecular formula is C15H12ClN3O4. The van der Waals surface area contributed by atoms with Gasteiger partial charge < -0.3 is 10.5 Å². The molecule has 1 heterocycles. The van der Waals surface area contributed by atoms with Crippen molar-refractivity contribution in [2.75, 3.05) is 0 Å². The highest BCUT2D eigenvalue weighted by Gasteiger charge is 2.35. The average molecular weight is 334 g/mol. The summed E-state index contributed by atoms with van der Waals surface area (Å²) < 4.78 is 5.25. The number of carbonyl (C=O) groups excluding carboxylic acids is 1. The molecular weight excluding hydrogens is 322 g/mol. The number of benzene rings is 1. The third kappa shape index (κ3) is 2.89. The van der Waals surface area contributed by atoms with E-state index in [1.807, 2.05) is 6.07 Å². The minimum absolute atomic E-state index is 0.0109. The van der Waals surface area contributed by atoms with E-state index in [4.69, 9.17) is 22.1 Å². The van der Waals surface area contributed by atoms with Gasteiger partial charge in [0.2, 0.25) is 5.88 Å². The zero-order chi connectivity index (χ0) is 17.3. The molecule has 0 radical (unpaired) electrons. The van der Waals surface area contributed by atoms with Gasteiger partial charge in [0.15, 0.2) is 5.78 Å². The number of Topliss-reactive ketones (excluding diaryl/α,β-unsaturated/α-hetero) is 1. The molecule has 1 aromatic carbocycles. The topological polar surface area (TPSA) is 119 Å². The number of ketones is 1. The van der Waals surface area contributed by atoms with Gasteiger partial charge in [0, 0.05) is 22.7 Å². The zero-order valence-electron chi connectivity index (χ0n) is 12.3. The van der Waals surface area contributed by atoms with Crippen molar-refractivity contribution in [3.05, 3.63) is 61.7 Å². The van der Waals surface area contributed by atoms with Gasteiger partial charge in [0.1, 0.15) is 17.4 Å². The summed E-state index contributed by atoms with van der Waals surface area (Å²) in [6.07, 6.45) is 0. The van der Waals surface area contributed by atoms with Gasteiger partial charge in [0.25, 0.3) is 5.69 Å². The molecule has 0 aliphatic carbocycles. The van der Waals surface area contributed by atoms with Crippen LogP contribution in [0.3, 0.4) is 0 Å². The molecule has 7 nitrogen and oxygen atoms in total. The van der Waals surface area contributed by atoms with E-state index in [-0.39, 0.29) is 44.8 Å². The summed E-state index contributed by atoms with van der Waals surface area (Å²) in [6.45, 7) is 2.85. The van der Waals surface area contributed by atoms with Crippen molar-refractivity contribution in [3.8, 4) is 6.07 Å². The fourth-order valence-corrected chi connectivity index (χ4v) is 2.74. The molecule has 2 rings (SSSR count). The van der Waals surface area contributed by atoms with Crippen molar-refractivity contribution in [2.24, 2.45) is 5.73 Å². The minimum Gasteiger partial charge on any atom is -0.445 e. The van der Waals surface area contributed by atoms with Crippen molar-refractivity contribution in [1.82, 2.24) is 0 Å². The molecule has 1 aromatic rings. The highest BCUT2D eigenvalue weighted by molar-refractivity contribution is 6.31. The van der Waals surface area contributed by atoms with E-state index in [2.05, 4.69) is 0 Å². The van der Waals surface area contributed by atoms with Crippen molar-refractivity contribution >= 4 is 23.1 Å². The fraction of sp³-hybridized carbons (Fsp3) is 0.200. The predicted octanol–water partition coefficient (Wildman–Crippen LogP) is 2.92. The summed E-state index contributed by atoms with van der Waals surface area (Å²) in [6, 6.07) is 5.73. The normalized spacial score (nSPS) is 17.6. The van der Waals surface area contributed by atoms with E-state index in [0.717, 1.165) is 0 Å². The lowest BCUT2D eigenvalue weighted by atomic mass is 9.81. The number of halogens is 1. The Labute approximate surface area is 136 Å². The number of carbonyl (C=O) groups is 1. The van der Waals surface area contributed by atoms with Crippen LogP contribution in [0.25, 0.3) is 0 Å². The number of nitro benzene ring substituents is 1. The van der Waals surface area contributed by atoms with Crippen LogP contribution in [0.15, 0.2) is 41.0 Å². The van der Waals surface area contributed by atoms with Crippen molar-refractivity contribution < 1.29 is 14.5 Å². The molecule has 1 atom stereocenters. The van der Waals surface area contributed by atoms with Crippen molar-refractivity contribution in [1.29, 1.82) is 5.26 Å². The van der Waals surface area contributed by atoms with E-state index in [9.17, 15) is 20.2 Å². The standard InChI is InChI=1S/C15H12ClN3O4/c1-7(20)13-8(2)23-15(18)11(6-17)14(13)10-5-9(19(21)22)3-4-12(10)16/h3-5,14H,18H2,1-2H3/t14-/m1/s1. The fourth-order valence-electron chi connectivity index (χ4n) is 2.51. The maximum atomic E-state index is 12.0. The summed E-state index contributed by atoms with van der Waals surface area (Å²) in [5, 5.41) is 20.6. The molecule has 2 N–H and O–H groups in total. The van der Waals surface area contributed by atoms with Gasteiger partial charge in [-0.2, -0.15) is 5.26 Å². The first-order valence-electron chi connectivity index (χ1n) is 6.51. The van der Waals surface area contributed by atoms with Crippen LogP contribution < -0.4 is 5.73 Å². The molecule has 8 heteroatoms. The summed E-state index contributed by atoms with van der Waals surface area (Å²) in [5.74, 6) is -1.15. The van der Waals surface area contributed by atoms with Crippen LogP contribution in [0, 0.1) is 21.4 Å². The highest BCUT2D eigenvalue weighted by Crippen LogP contribution is 2.42. The number of hydrogen-bond donors (Lipinski definition) is 1. The Kier molecular flexibility index (Phi) is 4.38. The van der Waals surface area contributed by atoms with Gasteiger partial charge in [0.05, 0.1) is 10.8 Å². The molecule has 1 aliphatic rings. The summed E-state index contributed by atoms with van der Waals surface area (Å²) in [5.41, 5.74) is 5.97. The molecule has 0 aromatic heterocycles. The third-order valence-corrected chi connectivity index (χ3v) is 3.83. The molecule has 0 unspecified atom stereocenters. The van der Waals surface area contributed by atoms with Gasteiger partial charge in [-0.3, -0.25) is 14.9 Å². The van der Waals surface area contributed by atoms with Gasteiger partial charge in [-0.25, -0.2) is 0 Å². The van der Waals surface area contributed by atoms with E-state index >= 15 is 0 Å². The maximum Gasteiger partial charge on any atom is 0.269 e. The number of hydrogen-bond acceptors (Lipinski definition) is 6. The number of ether oxygens (including phenoxy) is 1. The van der Waals surface area contributed by atoms with E-state index in [1.54, 1.807) is 0 Å². The Bertz CT molecular complexity index is 821. The van der Waals surface area contributed by atoms with Crippen LogP contribution in [-0.2, 0) is 9.53 Å². The van der Waals surface area contributed by atoms with E-state index in [1.165, 1.54) is 32.0 Å². The summed E-state index contributed by atoms with van der Waals surface area (Å²) in [7, 11) is 0. The third-order valence-electron chi connectivity index (χ3n) is 3.49. The first-order chi connectivity index (χ1) is 10.8. The summed E-state index contributed by atoms with van der Waals surface area (Å²) >= 11 is 6.15. The number of non-ortho nitro benzene ring substituents is 1. The predicted molar refractivity (Wildman–Crippen MR) is 82.1 cm³/mol. The molecule has 0 saturated carbocycles. The molecule has 0 fully saturated rings. The second kappa shape index (κ2) is 6.10. The largest absolute Gasteiger partial charge is 0.445 e. The molecule has 0 spiro atoms. The van der Waals surface area contributed by atoms with Crippen LogP contribution in [0.1, 0.15) is 25.3 Å². The number of nitrogens with two attached hydrogens (primary N) is 1. The van der Waals surface area contributed by atoms with Crippen molar-refractivity contribution in [2.45, 2.75) is 19.8 Å². The van der Waals surface area contributed by atoms with Gasteiger partial charge >= 0.3 is 0 Å². The minimum atomic E-state index is -0.904. The molecule has 23 heavy (non-hydrogen) atoms. The molecule has 1 aliphatic heterocycles. The Morgan fingerprint density at radius 3 is 2.70 bits per heavy atom. The Balaban J connectivity index is 2.77. The lowest BCUT2D eigenvalue weighted by Gasteiger charge is -2.27. The van der Waals surface area contributed by atoms with Crippen LogP contribution in [0.4, 0.5) is 5.69 Å². The zero-order valence-corrected chi connectivity index (χ0v) is 13.0. The number of nitro groups is 1. The van der Waals surface area contributed by atoms with E-state index < -0.39 is 10.8 Å². The van der Waals surface area contributed by atoms with Crippen LogP contribution >= 0.6 is 11.6 Å². The van der Waals surface area contributed by atoms with Gasteiger partial charge in [-0.05, 0) is 25.5 Å². The second-order valence-electron chi connectivity index (χ2n) is 4.91. The van der Waals surface area contributed by atoms with Crippen LogP contribution in [0.5, 0.6) is 0 Å². The van der Waals surface area contributed by atoms with Gasteiger partial charge in [-0.15, -0.1) is 0 Å². The SMILES string of the molecule is CC(=O)C1=C(C)OC(N)=C(C#N)[C@H]1c1cc([N+](=O)[O-])ccc1Cl. The van der Waals surface area contributed by atoms with Crippen LogP contribution in [-0.4, -0.2) is 10.7 Å².